The van der Waals surface area contributed by atoms with Gasteiger partial charge in [0.15, 0.2) is 6.61 Å². The van der Waals surface area contributed by atoms with E-state index in [9.17, 15) is 18.0 Å². The van der Waals surface area contributed by atoms with Gasteiger partial charge in [-0.1, -0.05) is 5.16 Å². The molecule has 9 nitrogen and oxygen atoms in total. The summed E-state index contributed by atoms with van der Waals surface area (Å²) in [5, 5.41) is 6.22. The van der Waals surface area contributed by atoms with Gasteiger partial charge in [-0.15, -0.1) is 0 Å². The summed E-state index contributed by atoms with van der Waals surface area (Å²) in [4.78, 5) is 24.2. The summed E-state index contributed by atoms with van der Waals surface area (Å²) in [5.74, 6) is -0.925. The van der Waals surface area contributed by atoms with E-state index in [0.29, 0.717) is 30.2 Å². The molecular formula is C18H21N3O6S. The summed E-state index contributed by atoms with van der Waals surface area (Å²) in [6, 6.07) is 5.88. The molecule has 0 spiro atoms. The highest BCUT2D eigenvalue weighted by molar-refractivity contribution is 7.89. The van der Waals surface area contributed by atoms with Crippen LogP contribution in [0.5, 0.6) is 0 Å². The Balaban J connectivity index is 1.57. The van der Waals surface area contributed by atoms with Crippen LogP contribution in [0.1, 0.15) is 34.7 Å². The average molecular weight is 407 g/mol. The SMILES string of the molecule is Cc1noc(C)c1C(=O)OCC(=O)Nc1ccc(S(=O)(=O)N2CCCC2)cc1. The zero-order valence-electron chi connectivity index (χ0n) is 15.6. The van der Waals surface area contributed by atoms with Gasteiger partial charge in [0.1, 0.15) is 11.3 Å². The summed E-state index contributed by atoms with van der Waals surface area (Å²) in [6.45, 7) is 3.74. The van der Waals surface area contributed by atoms with Gasteiger partial charge in [-0.05, 0) is 51.0 Å². The average Bonchev–Trinajstić information content (AvgIpc) is 3.31. The van der Waals surface area contributed by atoms with Gasteiger partial charge >= 0.3 is 5.97 Å². The molecule has 2 aromatic rings. The number of amides is 1. The second kappa shape index (κ2) is 8.11. The minimum absolute atomic E-state index is 0.178. The van der Waals surface area contributed by atoms with Crippen molar-refractivity contribution in [3.05, 3.63) is 41.3 Å². The molecule has 2 heterocycles. The van der Waals surface area contributed by atoms with E-state index in [-0.39, 0.29) is 10.5 Å². The number of rotatable bonds is 6. The fraction of sp³-hybridized carbons (Fsp3) is 0.389. The molecule has 0 bridgehead atoms. The predicted molar refractivity (Wildman–Crippen MR) is 99.3 cm³/mol. The molecule has 10 heteroatoms. The lowest BCUT2D eigenvalue weighted by molar-refractivity contribution is -0.119. The lowest BCUT2D eigenvalue weighted by Gasteiger charge is -2.15. The maximum Gasteiger partial charge on any atom is 0.344 e. The smallest absolute Gasteiger partial charge is 0.344 e. The molecule has 0 unspecified atom stereocenters. The molecule has 1 aliphatic heterocycles. The first-order chi connectivity index (χ1) is 13.3. The van der Waals surface area contributed by atoms with Crippen molar-refractivity contribution >= 4 is 27.6 Å². The molecule has 1 aliphatic rings. The van der Waals surface area contributed by atoms with Crippen LogP contribution in [-0.4, -0.2) is 49.5 Å². The first-order valence-electron chi connectivity index (χ1n) is 8.79. The number of sulfonamides is 1. The summed E-state index contributed by atoms with van der Waals surface area (Å²) in [6.07, 6.45) is 1.72. The minimum atomic E-state index is -3.50. The van der Waals surface area contributed by atoms with Crippen LogP contribution >= 0.6 is 0 Å². The Morgan fingerprint density at radius 3 is 2.39 bits per heavy atom. The number of nitrogens with zero attached hydrogens (tertiary/aromatic N) is 2. The number of ether oxygens (including phenoxy) is 1. The number of hydrogen-bond donors (Lipinski definition) is 1. The Morgan fingerprint density at radius 2 is 1.82 bits per heavy atom. The number of hydrogen-bond acceptors (Lipinski definition) is 7. The third-order valence-electron chi connectivity index (χ3n) is 4.41. The first kappa shape index (κ1) is 20.0. The van der Waals surface area contributed by atoms with Gasteiger partial charge in [-0.25, -0.2) is 13.2 Å². The highest BCUT2D eigenvalue weighted by atomic mass is 32.2. The molecule has 0 atom stereocenters. The molecule has 0 aliphatic carbocycles. The topological polar surface area (TPSA) is 119 Å². The van der Waals surface area contributed by atoms with Gasteiger partial charge in [0.05, 0.1) is 10.6 Å². The number of anilines is 1. The second-order valence-electron chi connectivity index (χ2n) is 6.46. The van der Waals surface area contributed by atoms with E-state index in [1.54, 1.807) is 13.8 Å². The van der Waals surface area contributed by atoms with Crippen LogP contribution in [-0.2, 0) is 19.6 Å². The molecule has 1 fully saturated rings. The molecule has 3 rings (SSSR count). The summed E-state index contributed by atoms with van der Waals surface area (Å²) < 4.78 is 36.3. The quantitative estimate of drug-likeness (QED) is 0.726. The van der Waals surface area contributed by atoms with Gasteiger partial charge in [-0.2, -0.15) is 4.31 Å². The largest absolute Gasteiger partial charge is 0.452 e. The molecule has 1 aromatic carbocycles. The number of carbonyl (C=O) groups is 2. The van der Waals surface area contributed by atoms with E-state index >= 15 is 0 Å². The Hall–Kier alpha value is -2.72. The second-order valence-corrected chi connectivity index (χ2v) is 8.40. The molecule has 1 amide bonds. The van der Waals surface area contributed by atoms with Crippen molar-refractivity contribution in [1.82, 2.24) is 9.46 Å². The zero-order chi connectivity index (χ0) is 20.3. The van der Waals surface area contributed by atoms with Crippen molar-refractivity contribution in [3.63, 3.8) is 0 Å². The Kier molecular flexibility index (Phi) is 5.80. The Morgan fingerprint density at radius 1 is 1.18 bits per heavy atom. The van der Waals surface area contributed by atoms with Gasteiger partial charge in [0.2, 0.25) is 10.0 Å². The molecule has 0 radical (unpaired) electrons. The lowest BCUT2D eigenvalue weighted by Crippen LogP contribution is -2.27. The van der Waals surface area contributed by atoms with E-state index in [1.807, 2.05) is 0 Å². The van der Waals surface area contributed by atoms with Gasteiger partial charge < -0.3 is 14.6 Å². The van der Waals surface area contributed by atoms with Crippen molar-refractivity contribution < 1.29 is 27.3 Å². The summed E-state index contributed by atoms with van der Waals surface area (Å²) in [5.41, 5.74) is 0.987. The van der Waals surface area contributed by atoms with E-state index < -0.39 is 28.5 Å². The van der Waals surface area contributed by atoms with E-state index in [0.717, 1.165) is 12.8 Å². The van der Waals surface area contributed by atoms with Crippen LogP contribution in [0.2, 0.25) is 0 Å². The van der Waals surface area contributed by atoms with Crippen molar-refractivity contribution in [2.75, 3.05) is 25.0 Å². The van der Waals surface area contributed by atoms with Crippen LogP contribution in [0.25, 0.3) is 0 Å². The highest BCUT2D eigenvalue weighted by Crippen LogP contribution is 2.22. The van der Waals surface area contributed by atoms with E-state index in [2.05, 4.69) is 10.5 Å². The molecule has 1 N–H and O–H groups in total. The number of aryl methyl sites for hydroxylation is 2. The molecular weight excluding hydrogens is 386 g/mol. The van der Waals surface area contributed by atoms with Crippen LogP contribution in [0.3, 0.4) is 0 Å². The number of esters is 1. The van der Waals surface area contributed by atoms with Gasteiger partial charge in [0.25, 0.3) is 5.91 Å². The molecule has 150 valence electrons. The fourth-order valence-electron chi connectivity index (χ4n) is 2.96. The standard InChI is InChI=1S/C18H21N3O6S/c1-12-17(13(2)27-20-12)18(23)26-11-16(22)19-14-5-7-15(8-6-14)28(24,25)21-9-3-4-10-21/h5-8H,3-4,9-11H2,1-2H3,(H,19,22). The maximum absolute atomic E-state index is 12.5. The predicted octanol–water partition coefficient (Wildman–Crippen LogP) is 1.87. The number of benzene rings is 1. The van der Waals surface area contributed by atoms with Crippen LogP contribution < -0.4 is 5.32 Å². The van der Waals surface area contributed by atoms with Gasteiger partial charge in [0, 0.05) is 18.8 Å². The third kappa shape index (κ3) is 4.23. The Labute approximate surface area is 162 Å². The normalized spacial score (nSPS) is 14.8. The maximum atomic E-state index is 12.5. The van der Waals surface area contributed by atoms with Crippen molar-refractivity contribution in [2.45, 2.75) is 31.6 Å². The van der Waals surface area contributed by atoms with Crippen molar-refractivity contribution in [3.8, 4) is 0 Å². The fourth-order valence-corrected chi connectivity index (χ4v) is 4.48. The third-order valence-corrected chi connectivity index (χ3v) is 6.33. The number of carbonyl (C=O) groups excluding carboxylic acids is 2. The highest BCUT2D eigenvalue weighted by Gasteiger charge is 2.27. The zero-order valence-corrected chi connectivity index (χ0v) is 16.4. The number of nitrogens with one attached hydrogen (secondary N) is 1. The van der Waals surface area contributed by atoms with Crippen LogP contribution in [0, 0.1) is 13.8 Å². The van der Waals surface area contributed by atoms with E-state index in [4.69, 9.17) is 9.26 Å². The monoisotopic (exact) mass is 407 g/mol. The summed E-state index contributed by atoms with van der Waals surface area (Å²) >= 11 is 0. The van der Waals surface area contributed by atoms with Crippen molar-refractivity contribution in [1.29, 1.82) is 0 Å². The van der Waals surface area contributed by atoms with E-state index in [1.165, 1.54) is 28.6 Å². The van der Waals surface area contributed by atoms with Gasteiger partial charge in [-0.3, -0.25) is 4.79 Å². The summed E-state index contributed by atoms with van der Waals surface area (Å²) in [7, 11) is -3.50. The molecule has 0 saturated carbocycles. The Bertz CT molecular complexity index is 956. The molecule has 1 aromatic heterocycles. The molecule has 1 saturated heterocycles. The number of aromatic nitrogens is 1. The molecule has 28 heavy (non-hydrogen) atoms. The first-order valence-corrected chi connectivity index (χ1v) is 10.2. The van der Waals surface area contributed by atoms with Crippen LogP contribution in [0.15, 0.2) is 33.7 Å². The van der Waals surface area contributed by atoms with Crippen LogP contribution in [0.4, 0.5) is 5.69 Å². The van der Waals surface area contributed by atoms with Crippen molar-refractivity contribution in [2.24, 2.45) is 0 Å². The lowest BCUT2D eigenvalue weighted by atomic mass is 10.2. The minimum Gasteiger partial charge on any atom is -0.452 e.